The number of hydrogen-bond acceptors (Lipinski definition) is 5. The van der Waals surface area contributed by atoms with Crippen LogP contribution in [0, 0.1) is 0 Å². The molecule has 7 nitrogen and oxygen atoms in total. The first-order valence-corrected chi connectivity index (χ1v) is 9.64. The summed E-state index contributed by atoms with van der Waals surface area (Å²) >= 11 is 0. The molecular formula is C21H24N6O. The summed E-state index contributed by atoms with van der Waals surface area (Å²) in [5.74, 6) is 0.450. The number of aromatic amines is 1. The minimum Gasteiger partial charge on any atom is -0.371 e. The largest absolute Gasteiger partial charge is 0.371 e. The first kappa shape index (κ1) is 18.2. The van der Waals surface area contributed by atoms with Crippen LogP contribution in [0.4, 0.5) is 5.69 Å². The predicted octanol–water partition coefficient (Wildman–Crippen LogP) is 3.13. The van der Waals surface area contributed by atoms with Gasteiger partial charge in [0.25, 0.3) is 5.91 Å². The lowest BCUT2D eigenvalue weighted by Gasteiger charge is -2.31. The molecule has 0 unspecified atom stereocenters. The van der Waals surface area contributed by atoms with Crippen LogP contribution in [-0.2, 0) is 6.54 Å². The molecule has 1 saturated heterocycles. The van der Waals surface area contributed by atoms with Crippen LogP contribution in [0.1, 0.15) is 35.2 Å². The topological polar surface area (TPSA) is 78.0 Å². The third-order valence-electron chi connectivity index (χ3n) is 5.16. The standard InChI is InChI=1S/C21H24N6O/c1-26(15-18-8-3-4-11-19(18)27-12-5-2-6-13-27)21(28)17-10-7-9-16(14-17)20-22-24-25-23-20/h3-4,7-11,14H,2,5-6,12-13,15H2,1H3,(H,22,23,24,25). The summed E-state index contributed by atoms with van der Waals surface area (Å²) in [6.45, 7) is 2.74. The van der Waals surface area contributed by atoms with Crippen LogP contribution >= 0.6 is 0 Å². The summed E-state index contributed by atoms with van der Waals surface area (Å²) in [4.78, 5) is 17.2. The smallest absolute Gasteiger partial charge is 0.253 e. The number of aromatic nitrogens is 4. The molecule has 1 amide bonds. The van der Waals surface area contributed by atoms with Crippen molar-refractivity contribution in [1.29, 1.82) is 0 Å². The lowest BCUT2D eigenvalue weighted by molar-refractivity contribution is 0.0785. The predicted molar refractivity (Wildman–Crippen MR) is 108 cm³/mol. The van der Waals surface area contributed by atoms with Crippen molar-refractivity contribution >= 4 is 11.6 Å². The minimum atomic E-state index is -0.0289. The van der Waals surface area contributed by atoms with E-state index < -0.39 is 0 Å². The molecule has 2 aromatic carbocycles. The molecule has 2 heterocycles. The Morgan fingerprint density at radius 2 is 1.93 bits per heavy atom. The number of H-pyrrole nitrogens is 1. The lowest BCUT2D eigenvalue weighted by Crippen LogP contribution is -2.32. The molecule has 0 atom stereocenters. The maximum atomic E-state index is 13.0. The Balaban J connectivity index is 1.52. The number of para-hydroxylation sites is 1. The number of piperidine rings is 1. The van der Waals surface area contributed by atoms with Gasteiger partial charge in [0.05, 0.1) is 0 Å². The molecule has 1 N–H and O–H groups in total. The number of anilines is 1. The molecule has 7 heteroatoms. The van der Waals surface area contributed by atoms with E-state index in [0.717, 1.165) is 18.7 Å². The van der Waals surface area contributed by atoms with Crippen molar-refractivity contribution in [3.05, 3.63) is 59.7 Å². The van der Waals surface area contributed by atoms with Crippen molar-refractivity contribution in [2.24, 2.45) is 0 Å². The van der Waals surface area contributed by atoms with Gasteiger partial charge in [-0.3, -0.25) is 4.79 Å². The number of carbonyl (C=O) groups excluding carboxylic acids is 1. The molecule has 28 heavy (non-hydrogen) atoms. The first-order valence-electron chi connectivity index (χ1n) is 9.64. The summed E-state index contributed by atoms with van der Waals surface area (Å²) in [6.07, 6.45) is 3.76. The second-order valence-corrected chi connectivity index (χ2v) is 7.15. The molecule has 1 fully saturated rings. The number of nitrogens with zero attached hydrogens (tertiary/aromatic N) is 5. The highest BCUT2D eigenvalue weighted by Crippen LogP contribution is 2.25. The van der Waals surface area contributed by atoms with E-state index in [9.17, 15) is 4.79 Å². The van der Waals surface area contributed by atoms with Crippen LogP contribution in [0.15, 0.2) is 48.5 Å². The second kappa shape index (κ2) is 8.21. The number of rotatable bonds is 5. The molecule has 4 rings (SSSR count). The molecule has 0 radical (unpaired) electrons. The van der Waals surface area contributed by atoms with E-state index >= 15 is 0 Å². The molecule has 0 spiro atoms. The van der Waals surface area contributed by atoms with Crippen molar-refractivity contribution in [1.82, 2.24) is 25.5 Å². The number of hydrogen-bond donors (Lipinski definition) is 1. The maximum absolute atomic E-state index is 13.0. The van der Waals surface area contributed by atoms with E-state index in [1.54, 1.807) is 11.0 Å². The van der Waals surface area contributed by atoms with E-state index in [2.05, 4.69) is 43.7 Å². The molecule has 1 aliphatic heterocycles. The maximum Gasteiger partial charge on any atom is 0.253 e. The van der Waals surface area contributed by atoms with E-state index in [0.29, 0.717) is 17.9 Å². The van der Waals surface area contributed by atoms with Gasteiger partial charge in [-0.05, 0) is 48.2 Å². The summed E-state index contributed by atoms with van der Waals surface area (Å²) in [5, 5.41) is 14.0. The normalized spacial score (nSPS) is 14.1. The van der Waals surface area contributed by atoms with Crippen LogP contribution in [0.3, 0.4) is 0 Å². The van der Waals surface area contributed by atoms with E-state index in [-0.39, 0.29) is 5.91 Å². The summed E-state index contributed by atoms with van der Waals surface area (Å²) in [5.41, 5.74) is 3.79. The van der Waals surface area contributed by atoms with Crippen LogP contribution in [-0.4, -0.2) is 51.6 Å². The number of carbonyl (C=O) groups is 1. The molecule has 3 aromatic rings. The number of benzene rings is 2. The van der Waals surface area contributed by atoms with Gasteiger partial charge in [-0.2, -0.15) is 5.21 Å². The van der Waals surface area contributed by atoms with Crippen LogP contribution in [0.2, 0.25) is 0 Å². The quantitative estimate of drug-likeness (QED) is 0.740. The van der Waals surface area contributed by atoms with E-state index in [1.807, 2.05) is 31.3 Å². The van der Waals surface area contributed by atoms with E-state index in [4.69, 9.17) is 0 Å². The Kier molecular flexibility index (Phi) is 5.32. The number of nitrogens with one attached hydrogen (secondary N) is 1. The zero-order valence-corrected chi connectivity index (χ0v) is 16.0. The lowest BCUT2D eigenvalue weighted by atomic mass is 10.1. The van der Waals surface area contributed by atoms with Gasteiger partial charge >= 0.3 is 0 Å². The van der Waals surface area contributed by atoms with Gasteiger partial charge in [-0.15, -0.1) is 10.2 Å². The minimum absolute atomic E-state index is 0.0289. The van der Waals surface area contributed by atoms with Crippen molar-refractivity contribution in [2.45, 2.75) is 25.8 Å². The fourth-order valence-electron chi connectivity index (χ4n) is 3.71. The summed E-state index contributed by atoms with van der Waals surface area (Å²) in [6, 6.07) is 15.7. The molecule has 0 aliphatic carbocycles. The second-order valence-electron chi connectivity index (χ2n) is 7.15. The van der Waals surface area contributed by atoms with Crippen molar-refractivity contribution in [3.63, 3.8) is 0 Å². The Morgan fingerprint density at radius 1 is 1.11 bits per heavy atom. The van der Waals surface area contributed by atoms with Crippen LogP contribution in [0.5, 0.6) is 0 Å². The van der Waals surface area contributed by atoms with Crippen molar-refractivity contribution in [3.8, 4) is 11.4 Å². The highest BCUT2D eigenvalue weighted by molar-refractivity contribution is 5.95. The number of tetrazole rings is 1. The molecule has 144 valence electrons. The molecule has 1 aromatic heterocycles. The third kappa shape index (κ3) is 3.88. The monoisotopic (exact) mass is 376 g/mol. The van der Waals surface area contributed by atoms with Gasteiger partial charge in [0, 0.05) is 43.5 Å². The average Bonchev–Trinajstić information content (AvgIpc) is 3.29. The first-order chi connectivity index (χ1) is 13.7. The van der Waals surface area contributed by atoms with Gasteiger partial charge in [0.1, 0.15) is 0 Å². The average molecular weight is 376 g/mol. The van der Waals surface area contributed by atoms with Crippen LogP contribution in [0.25, 0.3) is 11.4 Å². The van der Waals surface area contributed by atoms with Gasteiger partial charge < -0.3 is 9.80 Å². The zero-order valence-electron chi connectivity index (χ0n) is 16.0. The Bertz CT molecular complexity index is 934. The van der Waals surface area contributed by atoms with Gasteiger partial charge in [-0.1, -0.05) is 30.3 Å². The van der Waals surface area contributed by atoms with Gasteiger partial charge in [-0.25, -0.2) is 0 Å². The highest BCUT2D eigenvalue weighted by Gasteiger charge is 2.18. The summed E-state index contributed by atoms with van der Waals surface area (Å²) in [7, 11) is 1.84. The molecule has 0 saturated carbocycles. The Labute approximate surface area is 164 Å². The highest BCUT2D eigenvalue weighted by atomic mass is 16.2. The molecule has 1 aliphatic rings. The SMILES string of the molecule is CN(Cc1ccccc1N1CCCCC1)C(=O)c1cccc(-c2nn[nH]n2)c1. The number of amides is 1. The van der Waals surface area contributed by atoms with E-state index in [1.165, 1.54) is 30.5 Å². The van der Waals surface area contributed by atoms with Gasteiger partial charge in [0.2, 0.25) is 5.82 Å². The fraction of sp³-hybridized carbons (Fsp3) is 0.333. The fourth-order valence-corrected chi connectivity index (χ4v) is 3.71. The zero-order chi connectivity index (χ0) is 19.3. The van der Waals surface area contributed by atoms with Crippen LogP contribution < -0.4 is 4.90 Å². The van der Waals surface area contributed by atoms with Crippen molar-refractivity contribution < 1.29 is 4.79 Å². The Morgan fingerprint density at radius 3 is 2.71 bits per heavy atom. The van der Waals surface area contributed by atoms with Gasteiger partial charge in [0.15, 0.2) is 0 Å². The molecular weight excluding hydrogens is 352 g/mol. The third-order valence-corrected chi connectivity index (χ3v) is 5.16. The van der Waals surface area contributed by atoms with Crippen molar-refractivity contribution in [2.75, 3.05) is 25.0 Å². The summed E-state index contributed by atoms with van der Waals surface area (Å²) < 4.78 is 0. The Hall–Kier alpha value is -3.22. The molecule has 0 bridgehead atoms.